The van der Waals surface area contributed by atoms with E-state index in [4.69, 9.17) is 0 Å². The first-order chi connectivity index (χ1) is 7.24. The van der Waals surface area contributed by atoms with Gasteiger partial charge in [0.25, 0.3) is 0 Å². The van der Waals surface area contributed by atoms with Crippen molar-refractivity contribution >= 4 is 0 Å². The normalized spacial score (nSPS) is 26.8. The zero-order valence-corrected chi connectivity index (χ0v) is 9.74. The first-order valence-corrected chi connectivity index (χ1v) is 5.69. The minimum Gasteiger partial charge on any atom is -0.281 e. The molecular weight excluding hydrogens is 188 g/mol. The maximum absolute atomic E-state index is 3.31. The molecule has 0 bridgehead atoms. The van der Waals surface area contributed by atoms with E-state index in [0.717, 1.165) is 39.3 Å². The lowest BCUT2D eigenvalue weighted by Crippen LogP contribution is -2.25. The van der Waals surface area contributed by atoms with E-state index < -0.39 is 0 Å². The van der Waals surface area contributed by atoms with Gasteiger partial charge >= 0.3 is 0 Å². The van der Waals surface area contributed by atoms with Gasteiger partial charge in [-0.1, -0.05) is 0 Å². The summed E-state index contributed by atoms with van der Waals surface area (Å²) in [5, 5.41) is 0. The summed E-state index contributed by atoms with van der Waals surface area (Å²) in [4.78, 5) is 8.81. The van der Waals surface area contributed by atoms with E-state index >= 15 is 0 Å². The number of rotatable bonds is 4. The molecule has 0 spiro atoms. The summed E-state index contributed by atoms with van der Waals surface area (Å²) in [5.74, 6) is 0. The zero-order chi connectivity index (χ0) is 10.7. The first kappa shape index (κ1) is 11.3. The molecule has 84 valence electrons. The lowest BCUT2D eigenvalue weighted by atomic mass is 10.3. The van der Waals surface area contributed by atoms with Crippen LogP contribution in [0.3, 0.4) is 0 Å². The average Bonchev–Trinajstić information content (AvgIpc) is 2.76. The van der Waals surface area contributed by atoms with Gasteiger partial charge in [0.15, 0.2) is 0 Å². The Balaban J connectivity index is 1.55. The van der Waals surface area contributed by atoms with E-state index in [0.29, 0.717) is 0 Å². The molecule has 0 atom stereocenters. The van der Waals surface area contributed by atoms with Crippen LogP contribution in [0.1, 0.15) is 6.42 Å². The Kier molecular flexibility index (Phi) is 3.97. The van der Waals surface area contributed by atoms with E-state index in [1.165, 1.54) is 6.42 Å². The van der Waals surface area contributed by atoms with Crippen molar-refractivity contribution in [1.82, 2.24) is 19.6 Å². The Bertz CT molecular complexity index is 177. The van der Waals surface area contributed by atoms with E-state index in [1.807, 2.05) is 0 Å². The van der Waals surface area contributed by atoms with E-state index in [-0.39, 0.29) is 0 Å². The van der Waals surface area contributed by atoms with Crippen LogP contribution >= 0.6 is 0 Å². The highest BCUT2D eigenvalue weighted by Gasteiger charge is 2.20. The van der Waals surface area contributed by atoms with Gasteiger partial charge in [0.05, 0.1) is 0 Å². The van der Waals surface area contributed by atoms with Crippen LogP contribution in [0.5, 0.6) is 0 Å². The predicted molar refractivity (Wildman–Crippen MR) is 59.5 cm³/mol. The van der Waals surface area contributed by atoms with Crippen LogP contribution in [-0.2, 0) is 0 Å². The lowest BCUT2D eigenvalue weighted by molar-refractivity contribution is 0.300. The number of hydrogen-bond acceptors (Lipinski definition) is 4. The molecule has 4 radical (unpaired) electrons. The Labute approximate surface area is 93.4 Å². The van der Waals surface area contributed by atoms with Gasteiger partial charge in [-0.15, -0.1) is 0 Å². The van der Waals surface area contributed by atoms with Gasteiger partial charge in [0.1, 0.15) is 13.3 Å². The van der Waals surface area contributed by atoms with Gasteiger partial charge in [-0.2, -0.15) is 0 Å². The predicted octanol–water partition coefficient (Wildman–Crippen LogP) is -0.136. The Morgan fingerprint density at radius 3 is 1.60 bits per heavy atom. The second-order valence-electron chi connectivity index (χ2n) is 4.37. The third kappa shape index (κ3) is 3.41. The van der Waals surface area contributed by atoms with Crippen LogP contribution in [0, 0.1) is 13.3 Å². The highest BCUT2D eigenvalue weighted by atomic mass is 15.4. The standard InChI is InChI=1S/C11H20N4/c1-12-6-8-14(10-12)4-3-5-15-9-7-13(2)11-15/h3-9H2,1-2H3. The molecule has 0 N–H and O–H groups in total. The lowest BCUT2D eigenvalue weighted by Gasteiger charge is -2.17. The summed E-state index contributed by atoms with van der Waals surface area (Å²) in [6.07, 6.45) is 1.20. The molecule has 0 unspecified atom stereocenters. The molecule has 0 aromatic heterocycles. The maximum Gasteiger partial charge on any atom is 0.146 e. The minimum atomic E-state index is 1.12. The summed E-state index contributed by atoms with van der Waals surface area (Å²) in [5.41, 5.74) is 0. The fourth-order valence-electron chi connectivity index (χ4n) is 2.00. The third-order valence-electron chi connectivity index (χ3n) is 2.89. The largest absolute Gasteiger partial charge is 0.281 e. The topological polar surface area (TPSA) is 13.0 Å². The third-order valence-corrected chi connectivity index (χ3v) is 2.89. The summed E-state index contributed by atoms with van der Waals surface area (Å²) in [6, 6.07) is 0. The molecule has 2 heterocycles. The van der Waals surface area contributed by atoms with Gasteiger partial charge in [-0.25, -0.2) is 0 Å². The Morgan fingerprint density at radius 2 is 1.27 bits per heavy atom. The molecule has 2 rings (SSSR count). The van der Waals surface area contributed by atoms with Gasteiger partial charge in [0.2, 0.25) is 0 Å². The summed E-state index contributed by atoms with van der Waals surface area (Å²) >= 11 is 0. The van der Waals surface area contributed by atoms with Crippen LogP contribution in [-0.4, -0.2) is 73.0 Å². The molecule has 0 amide bonds. The molecule has 15 heavy (non-hydrogen) atoms. The van der Waals surface area contributed by atoms with Crippen molar-refractivity contribution in [2.45, 2.75) is 6.42 Å². The molecule has 4 heteroatoms. The fourth-order valence-corrected chi connectivity index (χ4v) is 2.00. The Morgan fingerprint density at radius 1 is 0.800 bits per heavy atom. The molecular formula is C11H20N4. The Hall–Kier alpha value is -0.160. The number of likely N-dealkylation sites (N-methyl/N-ethyl adjacent to an activating group) is 2. The van der Waals surface area contributed by atoms with Crippen LogP contribution in [0.15, 0.2) is 0 Å². The van der Waals surface area contributed by atoms with Crippen molar-refractivity contribution < 1.29 is 0 Å². The number of hydrogen-bond donors (Lipinski definition) is 0. The van der Waals surface area contributed by atoms with Crippen molar-refractivity contribution in [1.29, 1.82) is 0 Å². The summed E-state index contributed by atoms with van der Waals surface area (Å²) in [7, 11) is 4.16. The van der Waals surface area contributed by atoms with Crippen LogP contribution in [0.2, 0.25) is 0 Å². The second-order valence-corrected chi connectivity index (χ2v) is 4.37. The zero-order valence-electron chi connectivity index (χ0n) is 9.74. The van der Waals surface area contributed by atoms with Crippen molar-refractivity contribution in [2.75, 3.05) is 53.4 Å². The van der Waals surface area contributed by atoms with Crippen molar-refractivity contribution in [3.63, 3.8) is 0 Å². The van der Waals surface area contributed by atoms with Crippen molar-refractivity contribution in [3.05, 3.63) is 13.3 Å². The highest BCUT2D eigenvalue weighted by Crippen LogP contribution is 2.10. The van der Waals surface area contributed by atoms with E-state index in [9.17, 15) is 0 Å². The molecule has 0 saturated carbocycles. The van der Waals surface area contributed by atoms with Gasteiger partial charge < -0.3 is 0 Å². The fraction of sp³-hybridized carbons (Fsp3) is 0.818. The molecule has 4 nitrogen and oxygen atoms in total. The molecule has 2 saturated heterocycles. The highest BCUT2D eigenvalue weighted by molar-refractivity contribution is 4.80. The maximum atomic E-state index is 3.31. The molecule has 0 aromatic rings. The van der Waals surface area contributed by atoms with Gasteiger partial charge in [-0.05, 0) is 20.5 Å². The molecule has 0 aromatic carbocycles. The smallest absolute Gasteiger partial charge is 0.146 e. The second kappa shape index (κ2) is 5.25. The monoisotopic (exact) mass is 208 g/mol. The van der Waals surface area contributed by atoms with Crippen LogP contribution < -0.4 is 0 Å². The summed E-state index contributed by atoms with van der Waals surface area (Å²) in [6.45, 7) is 13.3. The average molecular weight is 208 g/mol. The first-order valence-electron chi connectivity index (χ1n) is 5.69. The van der Waals surface area contributed by atoms with Gasteiger partial charge in [-0.3, -0.25) is 19.6 Å². The van der Waals surface area contributed by atoms with Crippen LogP contribution in [0.4, 0.5) is 0 Å². The molecule has 2 aliphatic rings. The van der Waals surface area contributed by atoms with Gasteiger partial charge in [0, 0.05) is 39.3 Å². The van der Waals surface area contributed by atoms with Crippen molar-refractivity contribution in [3.8, 4) is 0 Å². The minimum absolute atomic E-state index is 1.12. The quantitative estimate of drug-likeness (QED) is 0.638. The molecule has 2 fully saturated rings. The van der Waals surface area contributed by atoms with E-state index in [2.05, 4.69) is 47.0 Å². The van der Waals surface area contributed by atoms with Crippen molar-refractivity contribution in [2.24, 2.45) is 0 Å². The van der Waals surface area contributed by atoms with E-state index in [1.54, 1.807) is 0 Å². The molecule has 0 aliphatic carbocycles. The SMILES string of the molecule is CN1[C]N(CCCN2[C]N(C)CC2)CC1. The number of nitrogens with zero attached hydrogens (tertiary/aromatic N) is 4. The van der Waals surface area contributed by atoms with Crippen LogP contribution in [0.25, 0.3) is 0 Å². The summed E-state index contributed by atoms with van der Waals surface area (Å²) < 4.78 is 0. The molecule has 2 aliphatic heterocycles.